The first-order valence-corrected chi connectivity index (χ1v) is 6.85. The summed E-state index contributed by atoms with van der Waals surface area (Å²) in [5, 5.41) is 2.74. The highest BCUT2D eigenvalue weighted by Crippen LogP contribution is 2.23. The minimum atomic E-state index is -1.34. The Morgan fingerprint density at radius 2 is 1.91 bits per heavy atom. The number of carbonyl (C=O) groups is 2. The smallest absolute Gasteiger partial charge is 0.317 e. The average Bonchev–Trinajstić information content (AvgIpc) is 2.76. The maximum Gasteiger partial charge on any atom is 0.317 e. The lowest BCUT2D eigenvalue weighted by Gasteiger charge is -2.35. The molecule has 0 bridgehead atoms. The molecule has 2 fully saturated rings. The monoisotopic (exact) mass is 313 g/mol. The second kappa shape index (κ2) is 5.19. The molecule has 8 heteroatoms. The van der Waals surface area contributed by atoms with E-state index in [1.165, 1.54) is 4.90 Å². The van der Waals surface area contributed by atoms with Crippen LogP contribution in [0.1, 0.15) is 16.8 Å². The standard InChI is InChI=1S/C14H14F3N3O2/c1-19-12-2-3-20(6-11(12)18-14(19)22)13(21)7-4-9(16)10(17)5-8(7)15/h4-5,11-12H,2-3,6H2,1H3,(H,18,22)/t11-,12+/m1/s1. The van der Waals surface area contributed by atoms with Crippen molar-refractivity contribution in [2.24, 2.45) is 0 Å². The molecular weight excluding hydrogens is 299 g/mol. The quantitative estimate of drug-likeness (QED) is 0.796. The second-order valence-electron chi connectivity index (χ2n) is 5.52. The molecule has 22 heavy (non-hydrogen) atoms. The molecular formula is C14H14F3N3O2. The van der Waals surface area contributed by atoms with Crippen molar-refractivity contribution in [3.05, 3.63) is 35.1 Å². The highest BCUT2D eigenvalue weighted by Gasteiger charge is 2.42. The van der Waals surface area contributed by atoms with Crippen molar-refractivity contribution >= 4 is 11.9 Å². The van der Waals surface area contributed by atoms with E-state index in [-0.39, 0.29) is 24.7 Å². The summed E-state index contributed by atoms with van der Waals surface area (Å²) in [4.78, 5) is 26.8. The summed E-state index contributed by atoms with van der Waals surface area (Å²) >= 11 is 0. The number of rotatable bonds is 1. The van der Waals surface area contributed by atoms with E-state index in [9.17, 15) is 22.8 Å². The number of likely N-dealkylation sites (N-methyl/N-ethyl adjacent to an activating group) is 1. The Kier molecular flexibility index (Phi) is 3.46. The van der Waals surface area contributed by atoms with E-state index in [1.54, 1.807) is 11.9 Å². The second-order valence-corrected chi connectivity index (χ2v) is 5.52. The van der Waals surface area contributed by atoms with Gasteiger partial charge in [-0.05, 0) is 12.5 Å². The van der Waals surface area contributed by atoms with Crippen LogP contribution in [0, 0.1) is 17.5 Å². The lowest BCUT2D eigenvalue weighted by molar-refractivity contribution is 0.0661. The van der Waals surface area contributed by atoms with Gasteiger partial charge in [0.2, 0.25) is 0 Å². The molecule has 2 saturated heterocycles. The van der Waals surface area contributed by atoms with Crippen LogP contribution in [0.4, 0.5) is 18.0 Å². The summed E-state index contributed by atoms with van der Waals surface area (Å²) in [7, 11) is 1.67. The molecule has 5 nitrogen and oxygen atoms in total. The number of halogens is 3. The van der Waals surface area contributed by atoms with E-state index >= 15 is 0 Å². The Labute approximate surface area is 124 Å². The number of fused-ring (bicyclic) bond motifs is 1. The molecule has 0 unspecified atom stereocenters. The highest BCUT2D eigenvalue weighted by molar-refractivity contribution is 5.94. The molecule has 2 aliphatic rings. The number of likely N-dealkylation sites (tertiary alicyclic amines) is 1. The Morgan fingerprint density at radius 3 is 2.64 bits per heavy atom. The fraction of sp³-hybridized carbons (Fsp3) is 0.429. The van der Waals surface area contributed by atoms with E-state index < -0.39 is 28.9 Å². The Balaban J connectivity index is 1.80. The minimum Gasteiger partial charge on any atom is -0.336 e. The van der Waals surface area contributed by atoms with Crippen LogP contribution in [-0.4, -0.2) is 54.0 Å². The Morgan fingerprint density at radius 1 is 1.23 bits per heavy atom. The third-order valence-electron chi connectivity index (χ3n) is 4.23. The van der Waals surface area contributed by atoms with Gasteiger partial charge >= 0.3 is 6.03 Å². The van der Waals surface area contributed by atoms with Crippen molar-refractivity contribution in [1.29, 1.82) is 0 Å². The number of nitrogens with zero attached hydrogens (tertiary/aromatic N) is 2. The number of hydrogen-bond donors (Lipinski definition) is 1. The number of piperidine rings is 1. The van der Waals surface area contributed by atoms with Crippen LogP contribution in [0.25, 0.3) is 0 Å². The number of benzene rings is 1. The van der Waals surface area contributed by atoms with Gasteiger partial charge in [-0.3, -0.25) is 4.79 Å². The molecule has 0 aromatic heterocycles. The topological polar surface area (TPSA) is 52.7 Å². The largest absolute Gasteiger partial charge is 0.336 e. The van der Waals surface area contributed by atoms with Crippen molar-refractivity contribution < 1.29 is 22.8 Å². The zero-order chi connectivity index (χ0) is 16.0. The molecule has 1 N–H and O–H groups in total. The fourth-order valence-corrected chi connectivity index (χ4v) is 3.00. The van der Waals surface area contributed by atoms with Crippen molar-refractivity contribution in [2.75, 3.05) is 20.1 Å². The fourth-order valence-electron chi connectivity index (χ4n) is 3.00. The van der Waals surface area contributed by atoms with Crippen LogP contribution in [0.3, 0.4) is 0 Å². The number of nitrogens with one attached hydrogen (secondary N) is 1. The predicted octanol–water partition coefficient (Wildman–Crippen LogP) is 1.34. The summed E-state index contributed by atoms with van der Waals surface area (Å²) in [6.07, 6.45) is 0.539. The average molecular weight is 313 g/mol. The van der Waals surface area contributed by atoms with Crippen molar-refractivity contribution in [2.45, 2.75) is 18.5 Å². The van der Waals surface area contributed by atoms with Crippen molar-refractivity contribution in [3.8, 4) is 0 Å². The van der Waals surface area contributed by atoms with Gasteiger partial charge in [-0.1, -0.05) is 0 Å². The third kappa shape index (κ3) is 2.28. The van der Waals surface area contributed by atoms with Crippen LogP contribution in [0.5, 0.6) is 0 Å². The Bertz CT molecular complexity index is 652. The van der Waals surface area contributed by atoms with E-state index in [1.807, 2.05) is 0 Å². The molecule has 0 radical (unpaired) electrons. The first-order chi connectivity index (χ1) is 10.4. The van der Waals surface area contributed by atoms with Crippen LogP contribution >= 0.6 is 0 Å². The maximum absolute atomic E-state index is 13.7. The first-order valence-electron chi connectivity index (χ1n) is 6.85. The number of carbonyl (C=O) groups excluding carboxylic acids is 2. The summed E-state index contributed by atoms with van der Waals surface area (Å²) in [6.45, 7) is 0.524. The third-order valence-corrected chi connectivity index (χ3v) is 4.23. The zero-order valence-corrected chi connectivity index (χ0v) is 11.8. The van der Waals surface area contributed by atoms with Gasteiger partial charge in [0, 0.05) is 26.2 Å². The first kappa shape index (κ1) is 14.7. The van der Waals surface area contributed by atoms with Crippen LogP contribution in [-0.2, 0) is 0 Å². The molecule has 1 aromatic carbocycles. The SMILES string of the molecule is CN1C(=O)N[C@@H]2CN(C(=O)c3cc(F)c(F)cc3F)CC[C@@H]21. The zero-order valence-electron chi connectivity index (χ0n) is 11.8. The predicted molar refractivity (Wildman–Crippen MR) is 70.7 cm³/mol. The highest BCUT2D eigenvalue weighted by atomic mass is 19.2. The van der Waals surface area contributed by atoms with Crippen LogP contribution < -0.4 is 5.32 Å². The molecule has 3 amide bonds. The Hall–Kier alpha value is -2.25. The summed E-state index contributed by atoms with van der Waals surface area (Å²) in [5.74, 6) is -4.41. The molecule has 0 spiro atoms. The van der Waals surface area contributed by atoms with Gasteiger partial charge < -0.3 is 15.1 Å². The van der Waals surface area contributed by atoms with Crippen LogP contribution in [0.2, 0.25) is 0 Å². The number of urea groups is 1. The van der Waals surface area contributed by atoms with Gasteiger partial charge in [0.25, 0.3) is 5.91 Å². The summed E-state index contributed by atoms with van der Waals surface area (Å²) in [6, 6.07) is 0.442. The van der Waals surface area contributed by atoms with Gasteiger partial charge in [0.05, 0.1) is 17.6 Å². The van der Waals surface area contributed by atoms with Crippen molar-refractivity contribution in [3.63, 3.8) is 0 Å². The lowest BCUT2D eigenvalue weighted by Crippen LogP contribution is -2.52. The van der Waals surface area contributed by atoms with E-state index in [2.05, 4.69) is 5.32 Å². The number of amides is 3. The van der Waals surface area contributed by atoms with Gasteiger partial charge in [-0.25, -0.2) is 18.0 Å². The summed E-state index contributed by atoms with van der Waals surface area (Å²) in [5.41, 5.74) is -0.505. The molecule has 3 rings (SSSR count). The van der Waals surface area contributed by atoms with Crippen molar-refractivity contribution in [1.82, 2.24) is 15.1 Å². The van der Waals surface area contributed by atoms with Gasteiger partial charge in [0.15, 0.2) is 11.6 Å². The normalized spacial score (nSPS) is 24.3. The van der Waals surface area contributed by atoms with Crippen LogP contribution in [0.15, 0.2) is 12.1 Å². The van der Waals surface area contributed by atoms with E-state index in [0.29, 0.717) is 25.1 Å². The minimum absolute atomic E-state index is 0.0219. The molecule has 1 aromatic rings. The molecule has 2 heterocycles. The van der Waals surface area contributed by atoms with Gasteiger partial charge in [0.1, 0.15) is 5.82 Å². The lowest BCUT2D eigenvalue weighted by atomic mass is 9.99. The summed E-state index contributed by atoms with van der Waals surface area (Å²) < 4.78 is 39.9. The van der Waals surface area contributed by atoms with Gasteiger partial charge in [-0.15, -0.1) is 0 Å². The maximum atomic E-state index is 13.7. The van der Waals surface area contributed by atoms with E-state index in [4.69, 9.17) is 0 Å². The van der Waals surface area contributed by atoms with Gasteiger partial charge in [-0.2, -0.15) is 0 Å². The number of hydrogen-bond acceptors (Lipinski definition) is 2. The molecule has 0 saturated carbocycles. The van der Waals surface area contributed by atoms with E-state index in [0.717, 1.165) is 0 Å². The molecule has 0 aliphatic carbocycles. The molecule has 2 atom stereocenters. The molecule has 2 aliphatic heterocycles. The molecule has 118 valence electrons.